The molecule has 21 heavy (non-hydrogen) atoms. The Bertz CT molecular complexity index is 659. The number of ether oxygens (including phenoxy) is 1. The Kier molecular flexibility index (Phi) is 3.14. The maximum Gasteiger partial charge on any atom is 0.127 e. The molecule has 1 N–H and O–H groups in total. The average Bonchev–Trinajstić information content (AvgIpc) is 3.26. The van der Waals surface area contributed by atoms with Crippen molar-refractivity contribution in [3.05, 3.63) is 24.0 Å². The van der Waals surface area contributed by atoms with Crippen molar-refractivity contribution < 1.29 is 4.74 Å². The van der Waals surface area contributed by atoms with Crippen LogP contribution in [-0.4, -0.2) is 23.2 Å². The second-order valence-electron chi connectivity index (χ2n) is 6.56. The molecule has 2 heterocycles. The van der Waals surface area contributed by atoms with Crippen LogP contribution in [0.15, 0.2) is 18.2 Å². The molecule has 4 rings (SSSR count). The number of rotatable bonds is 3. The van der Waals surface area contributed by atoms with Crippen LogP contribution in [0.1, 0.15) is 50.5 Å². The van der Waals surface area contributed by atoms with Gasteiger partial charge in [0.25, 0.3) is 0 Å². The number of piperidine rings is 1. The summed E-state index contributed by atoms with van der Waals surface area (Å²) in [6.07, 6.45) is 5.03. The summed E-state index contributed by atoms with van der Waals surface area (Å²) >= 11 is 0. The number of benzene rings is 1. The van der Waals surface area contributed by atoms with Crippen LogP contribution in [0.4, 0.5) is 0 Å². The number of nitrogens with zero attached hydrogens (tertiary/aromatic N) is 2. The standard InChI is InChI=1S/C17H23N3O/c1-11-7-8-18-15(9-11)17-19-14-10-13(21-2)5-6-16(14)20(17)12-3-4-12/h5-6,10-12,15,18H,3-4,7-9H2,1-2H3. The molecule has 0 bridgehead atoms. The summed E-state index contributed by atoms with van der Waals surface area (Å²) in [4.78, 5) is 4.96. The second-order valence-corrected chi connectivity index (χ2v) is 6.56. The third-order valence-corrected chi connectivity index (χ3v) is 4.81. The molecule has 1 saturated heterocycles. The molecule has 0 spiro atoms. The molecule has 1 aliphatic heterocycles. The van der Waals surface area contributed by atoms with Gasteiger partial charge in [-0.25, -0.2) is 4.98 Å². The highest BCUT2D eigenvalue weighted by Crippen LogP contribution is 2.41. The van der Waals surface area contributed by atoms with E-state index < -0.39 is 0 Å². The van der Waals surface area contributed by atoms with Crippen LogP contribution in [0.3, 0.4) is 0 Å². The van der Waals surface area contributed by atoms with Gasteiger partial charge in [-0.15, -0.1) is 0 Å². The van der Waals surface area contributed by atoms with E-state index in [9.17, 15) is 0 Å². The number of nitrogens with one attached hydrogen (secondary N) is 1. The summed E-state index contributed by atoms with van der Waals surface area (Å²) in [6.45, 7) is 3.45. The first-order chi connectivity index (χ1) is 10.3. The number of hydrogen-bond donors (Lipinski definition) is 1. The lowest BCUT2D eigenvalue weighted by atomic mass is 9.94. The lowest BCUT2D eigenvalue weighted by molar-refractivity contribution is 0.310. The Labute approximate surface area is 125 Å². The van der Waals surface area contributed by atoms with Gasteiger partial charge in [-0.3, -0.25) is 0 Å². The summed E-state index contributed by atoms with van der Waals surface area (Å²) in [7, 11) is 1.71. The smallest absolute Gasteiger partial charge is 0.127 e. The Balaban J connectivity index is 1.81. The van der Waals surface area contributed by atoms with Crippen LogP contribution in [0.2, 0.25) is 0 Å². The molecule has 1 aliphatic carbocycles. The van der Waals surface area contributed by atoms with Crippen molar-refractivity contribution in [1.29, 1.82) is 0 Å². The monoisotopic (exact) mass is 285 g/mol. The van der Waals surface area contributed by atoms with Gasteiger partial charge in [0.1, 0.15) is 11.6 Å². The van der Waals surface area contributed by atoms with Gasteiger partial charge in [-0.05, 0) is 50.3 Å². The minimum Gasteiger partial charge on any atom is -0.497 e. The number of imidazole rings is 1. The van der Waals surface area contributed by atoms with Crippen molar-refractivity contribution in [3.63, 3.8) is 0 Å². The predicted octanol–water partition coefficient (Wildman–Crippen LogP) is 3.44. The number of aromatic nitrogens is 2. The fourth-order valence-corrected chi connectivity index (χ4v) is 3.49. The van der Waals surface area contributed by atoms with Crippen LogP contribution < -0.4 is 10.1 Å². The van der Waals surface area contributed by atoms with E-state index in [4.69, 9.17) is 9.72 Å². The fraction of sp³-hybridized carbons (Fsp3) is 0.588. The predicted molar refractivity (Wildman–Crippen MR) is 83.7 cm³/mol. The number of methoxy groups -OCH3 is 1. The van der Waals surface area contributed by atoms with Crippen LogP contribution in [0, 0.1) is 5.92 Å². The third-order valence-electron chi connectivity index (χ3n) is 4.81. The lowest BCUT2D eigenvalue weighted by Crippen LogP contribution is -2.32. The molecule has 0 amide bonds. The molecule has 2 aliphatic rings. The average molecular weight is 285 g/mol. The molecule has 2 unspecified atom stereocenters. The minimum atomic E-state index is 0.396. The summed E-state index contributed by atoms with van der Waals surface area (Å²) in [5.41, 5.74) is 2.32. The highest BCUT2D eigenvalue weighted by atomic mass is 16.5. The zero-order valence-electron chi connectivity index (χ0n) is 12.8. The number of hydrogen-bond acceptors (Lipinski definition) is 3. The first-order valence-electron chi connectivity index (χ1n) is 8.05. The zero-order valence-corrected chi connectivity index (χ0v) is 12.8. The van der Waals surface area contributed by atoms with Gasteiger partial charge in [0.05, 0.1) is 24.2 Å². The Morgan fingerprint density at radius 2 is 2.14 bits per heavy atom. The van der Waals surface area contributed by atoms with Gasteiger partial charge in [0, 0.05) is 12.1 Å². The normalized spacial score (nSPS) is 26.2. The van der Waals surface area contributed by atoms with Crippen LogP contribution in [0.25, 0.3) is 11.0 Å². The highest BCUT2D eigenvalue weighted by Gasteiger charge is 2.32. The zero-order chi connectivity index (χ0) is 14.4. The van der Waals surface area contributed by atoms with Crippen molar-refractivity contribution in [2.24, 2.45) is 5.92 Å². The summed E-state index contributed by atoms with van der Waals surface area (Å²) in [5, 5.41) is 3.66. The lowest BCUT2D eigenvalue weighted by Gasteiger charge is -2.28. The van der Waals surface area contributed by atoms with E-state index in [2.05, 4.69) is 28.9 Å². The molecule has 2 aromatic rings. The molecule has 1 aromatic carbocycles. The molecular weight excluding hydrogens is 262 g/mol. The maximum absolute atomic E-state index is 5.35. The van der Waals surface area contributed by atoms with E-state index in [-0.39, 0.29) is 0 Å². The Hall–Kier alpha value is -1.55. The van der Waals surface area contributed by atoms with Gasteiger partial charge >= 0.3 is 0 Å². The van der Waals surface area contributed by atoms with Crippen molar-refractivity contribution in [2.75, 3.05) is 13.7 Å². The molecule has 4 nitrogen and oxygen atoms in total. The highest BCUT2D eigenvalue weighted by molar-refractivity contribution is 5.78. The van der Waals surface area contributed by atoms with E-state index in [0.717, 1.165) is 23.7 Å². The SMILES string of the molecule is COc1ccc2c(c1)nc(C1CC(C)CCN1)n2C1CC1. The van der Waals surface area contributed by atoms with Crippen molar-refractivity contribution in [2.45, 2.75) is 44.7 Å². The Morgan fingerprint density at radius 3 is 2.86 bits per heavy atom. The maximum atomic E-state index is 5.35. The van der Waals surface area contributed by atoms with Crippen LogP contribution in [0.5, 0.6) is 5.75 Å². The number of fused-ring (bicyclic) bond motifs is 1. The van der Waals surface area contributed by atoms with Crippen LogP contribution >= 0.6 is 0 Å². The van der Waals surface area contributed by atoms with Gasteiger partial charge in [-0.2, -0.15) is 0 Å². The molecular formula is C17H23N3O. The molecule has 4 heteroatoms. The second kappa shape index (κ2) is 5.02. The Morgan fingerprint density at radius 1 is 1.29 bits per heavy atom. The first-order valence-corrected chi connectivity index (χ1v) is 8.05. The third kappa shape index (κ3) is 2.31. The van der Waals surface area contributed by atoms with E-state index in [1.165, 1.54) is 37.0 Å². The molecule has 2 atom stereocenters. The summed E-state index contributed by atoms with van der Waals surface area (Å²) in [5.74, 6) is 2.89. The van der Waals surface area contributed by atoms with Crippen LogP contribution in [-0.2, 0) is 0 Å². The van der Waals surface area contributed by atoms with Gasteiger partial charge < -0.3 is 14.6 Å². The quantitative estimate of drug-likeness (QED) is 0.939. The molecule has 112 valence electrons. The van der Waals surface area contributed by atoms with Crippen molar-refractivity contribution >= 4 is 11.0 Å². The molecule has 2 fully saturated rings. The topological polar surface area (TPSA) is 39.1 Å². The largest absolute Gasteiger partial charge is 0.497 e. The van der Waals surface area contributed by atoms with E-state index in [1.807, 2.05) is 6.07 Å². The fourth-order valence-electron chi connectivity index (χ4n) is 3.49. The summed E-state index contributed by atoms with van der Waals surface area (Å²) < 4.78 is 7.82. The van der Waals surface area contributed by atoms with Gasteiger partial charge in [0.2, 0.25) is 0 Å². The molecule has 0 radical (unpaired) electrons. The van der Waals surface area contributed by atoms with Gasteiger partial charge in [0.15, 0.2) is 0 Å². The van der Waals surface area contributed by atoms with E-state index in [1.54, 1.807) is 7.11 Å². The van der Waals surface area contributed by atoms with Crippen molar-refractivity contribution in [1.82, 2.24) is 14.9 Å². The van der Waals surface area contributed by atoms with Crippen molar-refractivity contribution in [3.8, 4) is 5.75 Å². The van der Waals surface area contributed by atoms with E-state index >= 15 is 0 Å². The molecule has 1 saturated carbocycles. The minimum absolute atomic E-state index is 0.396. The molecule has 1 aromatic heterocycles. The first kappa shape index (κ1) is 13.1. The van der Waals surface area contributed by atoms with Gasteiger partial charge in [-0.1, -0.05) is 6.92 Å². The summed E-state index contributed by atoms with van der Waals surface area (Å²) in [6, 6.07) is 7.31. The van der Waals surface area contributed by atoms with E-state index in [0.29, 0.717) is 12.1 Å².